The highest BCUT2D eigenvalue weighted by Crippen LogP contribution is 2.26. The molecule has 0 spiro atoms. The summed E-state index contributed by atoms with van der Waals surface area (Å²) in [7, 11) is 0. The Morgan fingerprint density at radius 1 is 1.18 bits per heavy atom. The number of benzene rings is 1. The summed E-state index contributed by atoms with van der Waals surface area (Å²) in [4.78, 5) is 25.2. The second-order valence-corrected chi connectivity index (χ2v) is 10.1. The fourth-order valence-corrected chi connectivity index (χ4v) is 5.30. The molecule has 1 N–H and O–H groups in total. The molecule has 4 saturated heterocycles. The fraction of sp³-hybridized carbons (Fsp3) is 0.560. The van der Waals surface area contributed by atoms with Crippen molar-refractivity contribution in [1.82, 2.24) is 20.2 Å². The average molecular weight is 488 g/mol. The number of amides is 1. The molecule has 5 heterocycles. The zero-order valence-electron chi connectivity index (χ0n) is 19.3. The number of nitrogens with zero attached hydrogens (tertiary/aromatic N) is 4. The minimum absolute atomic E-state index is 0.00237. The maximum Gasteiger partial charge on any atom is 0.227 e. The van der Waals surface area contributed by atoms with Gasteiger partial charge < -0.3 is 19.9 Å². The van der Waals surface area contributed by atoms with E-state index in [2.05, 4.69) is 20.2 Å². The summed E-state index contributed by atoms with van der Waals surface area (Å²) in [6.07, 6.45) is 8.71. The van der Waals surface area contributed by atoms with Crippen LogP contribution in [0.15, 0.2) is 30.6 Å². The standard InChI is InChI=1S/C25H31ClFN5O2/c26-19-13-28-25(29-14-19)31-7-5-17(6-8-31)2-1-9-34-22-4-3-18(23(27)12-22)10-24(33)32-15-20-11-21(16-32)30-20/h3-4,12-14,17,20-21,30H,1-2,5-11,15-16H2. The van der Waals surface area contributed by atoms with Crippen LogP contribution in [0.5, 0.6) is 5.75 Å². The molecular formula is C25H31ClFN5O2. The van der Waals surface area contributed by atoms with Crippen molar-refractivity contribution in [2.45, 2.75) is 50.6 Å². The lowest BCUT2D eigenvalue weighted by atomic mass is 9.91. The zero-order valence-corrected chi connectivity index (χ0v) is 20.0. The van der Waals surface area contributed by atoms with E-state index in [1.54, 1.807) is 24.5 Å². The van der Waals surface area contributed by atoms with E-state index in [-0.39, 0.29) is 18.1 Å². The van der Waals surface area contributed by atoms with Crippen LogP contribution in [0, 0.1) is 11.7 Å². The van der Waals surface area contributed by atoms with Crippen molar-refractivity contribution >= 4 is 23.5 Å². The molecule has 2 atom stereocenters. The Morgan fingerprint density at radius 2 is 1.88 bits per heavy atom. The molecule has 4 aliphatic rings. The molecule has 1 aromatic heterocycles. The second-order valence-electron chi connectivity index (χ2n) is 9.65. The predicted molar refractivity (Wildman–Crippen MR) is 129 cm³/mol. The molecule has 1 amide bonds. The molecule has 6 rings (SSSR count). The number of piperidine rings is 2. The maximum absolute atomic E-state index is 14.6. The Kier molecular flexibility index (Phi) is 7.15. The number of ether oxygens (including phenoxy) is 1. The van der Waals surface area contributed by atoms with Crippen molar-refractivity contribution in [3.8, 4) is 5.75 Å². The number of piperazine rings is 1. The summed E-state index contributed by atoms with van der Waals surface area (Å²) in [6.45, 7) is 3.89. The molecule has 2 aromatic rings. The molecule has 34 heavy (non-hydrogen) atoms. The molecule has 0 radical (unpaired) electrons. The first-order valence-electron chi connectivity index (χ1n) is 12.2. The molecule has 4 fully saturated rings. The van der Waals surface area contributed by atoms with Crippen LogP contribution in [0.25, 0.3) is 0 Å². The number of anilines is 1. The van der Waals surface area contributed by atoms with Crippen molar-refractivity contribution < 1.29 is 13.9 Å². The highest BCUT2D eigenvalue weighted by molar-refractivity contribution is 6.30. The van der Waals surface area contributed by atoms with Crippen molar-refractivity contribution in [3.63, 3.8) is 0 Å². The van der Waals surface area contributed by atoms with Crippen molar-refractivity contribution in [1.29, 1.82) is 0 Å². The van der Waals surface area contributed by atoms with Gasteiger partial charge in [0, 0.05) is 44.3 Å². The lowest BCUT2D eigenvalue weighted by Crippen LogP contribution is -2.67. The van der Waals surface area contributed by atoms with Gasteiger partial charge in [-0.3, -0.25) is 4.79 Å². The molecule has 7 nitrogen and oxygen atoms in total. The smallest absolute Gasteiger partial charge is 0.227 e. The van der Waals surface area contributed by atoms with E-state index in [9.17, 15) is 9.18 Å². The van der Waals surface area contributed by atoms with Gasteiger partial charge in [-0.2, -0.15) is 0 Å². The molecule has 0 aliphatic carbocycles. The summed E-state index contributed by atoms with van der Waals surface area (Å²) in [5, 5.41) is 3.96. The summed E-state index contributed by atoms with van der Waals surface area (Å²) < 4.78 is 20.4. The van der Waals surface area contributed by atoms with Gasteiger partial charge in [-0.25, -0.2) is 14.4 Å². The average Bonchev–Trinajstić information content (AvgIpc) is 2.84. The van der Waals surface area contributed by atoms with E-state index in [1.165, 1.54) is 6.07 Å². The number of rotatable bonds is 8. The number of nitrogens with one attached hydrogen (secondary N) is 1. The lowest BCUT2D eigenvalue weighted by molar-refractivity contribution is -0.134. The summed E-state index contributed by atoms with van der Waals surface area (Å²) >= 11 is 5.87. The molecular weight excluding hydrogens is 457 g/mol. The van der Waals surface area contributed by atoms with Crippen LogP contribution in [0.4, 0.5) is 10.3 Å². The quantitative estimate of drug-likeness (QED) is 0.575. The van der Waals surface area contributed by atoms with Crippen LogP contribution in [0.1, 0.15) is 37.7 Å². The van der Waals surface area contributed by atoms with Gasteiger partial charge in [0.25, 0.3) is 0 Å². The monoisotopic (exact) mass is 487 g/mol. The minimum atomic E-state index is -0.372. The maximum atomic E-state index is 14.6. The zero-order chi connectivity index (χ0) is 23.5. The van der Waals surface area contributed by atoms with Crippen LogP contribution < -0.4 is 15.0 Å². The number of aromatic nitrogens is 2. The van der Waals surface area contributed by atoms with Gasteiger partial charge in [0.15, 0.2) is 0 Å². The minimum Gasteiger partial charge on any atom is -0.493 e. The summed E-state index contributed by atoms with van der Waals surface area (Å²) in [6, 6.07) is 5.68. The SMILES string of the molecule is O=C(Cc1ccc(OCCCC2CCN(c3ncc(Cl)cn3)CC2)cc1F)N1CC2CC(C1)N2. The van der Waals surface area contributed by atoms with Crippen LogP contribution in [0.2, 0.25) is 5.02 Å². The normalized spacial score (nSPS) is 22.4. The molecule has 2 unspecified atom stereocenters. The molecule has 4 aliphatic heterocycles. The molecule has 182 valence electrons. The third kappa shape index (κ3) is 5.61. The molecule has 0 saturated carbocycles. The highest BCUT2D eigenvalue weighted by atomic mass is 35.5. The van der Waals surface area contributed by atoms with E-state index in [0.717, 1.165) is 64.2 Å². The first kappa shape index (κ1) is 23.3. The number of halogens is 2. The van der Waals surface area contributed by atoms with Crippen molar-refractivity contribution in [2.75, 3.05) is 37.7 Å². The summed E-state index contributed by atoms with van der Waals surface area (Å²) in [5.41, 5.74) is 0.431. The molecule has 9 heteroatoms. The Bertz CT molecular complexity index is 983. The van der Waals surface area contributed by atoms with Crippen LogP contribution in [0.3, 0.4) is 0 Å². The lowest BCUT2D eigenvalue weighted by Gasteiger charge is -2.48. The van der Waals surface area contributed by atoms with Gasteiger partial charge in [0.1, 0.15) is 11.6 Å². The van der Waals surface area contributed by atoms with Crippen LogP contribution in [-0.2, 0) is 11.2 Å². The van der Waals surface area contributed by atoms with Gasteiger partial charge in [-0.15, -0.1) is 0 Å². The first-order chi connectivity index (χ1) is 16.5. The van der Waals surface area contributed by atoms with Crippen molar-refractivity contribution in [3.05, 3.63) is 47.0 Å². The topological polar surface area (TPSA) is 70.6 Å². The van der Waals surface area contributed by atoms with E-state index >= 15 is 0 Å². The third-order valence-corrected chi connectivity index (χ3v) is 7.37. The Morgan fingerprint density at radius 3 is 2.56 bits per heavy atom. The summed E-state index contributed by atoms with van der Waals surface area (Å²) in [5.74, 6) is 1.53. The largest absolute Gasteiger partial charge is 0.493 e. The Hall–Kier alpha value is -2.45. The first-order valence-corrected chi connectivity index (χ1v) is 12.6. The van der Waals surface area contributed by atoms with E-state index < -0.39 is 0 Å². The predicted octanol–water partition coefficient (Wildman–Crippen LogP) is 3.46. The van der Waals surface area contributed by atoms with E-state index in [1.807, 2.05) is 4.90 Å². The Balaban J connectivity index is 1.01. The van der Waals surface area contributed by atoms with Gasteiger partial charge >= 0.3 is 0 Å². The number of hydrogen-bond donors (Lipinski definition) is 1. The highest BCUT2D eigenvalue weighted by Gasteiger charge is 2.38. The number of carbonyl (C=O) groups is 1. The molecule has 1 aromatic carbocycles. The fourth-order valence-electron chi connectivity index (χ4n) is 5.21. The van der Waals surface area contributed by atoms with E-state index in [4.69, 9.17) is 16.3 Å². The molecule has 2 bridgehead atoms. The van der Waals surface area contributed by atoms with Crippen LogP contribution >= 0.6 is 11.6 Å². The van der Waals surface area contributed by atoms with Crippen molar-refractivity contribution in [2.24, 2.45) is 5.92 Å². The van der Waals surface area contributed by atoms with E-state index in [0.29, 0.717) is 40.9 Å². The second kappa shape index (κ2) is 10.4. The third-order valence-electron chi connectivity index (χ3n) is 7.17. The van der Waals surface area contributed by atoms with Gasteiger partial charge in [-0.05, 0) is 49.7 Å². The van der Waals surface area contributed by atoms with Crippen LogP contribution in [-0.4, -0.2) is 65.6 Å². The Labute approximate surface area is 204 Å². The van der Waals surface area contributed by atoms with Gasteiger partial charge in [0.05, 0.1) is 30.4 Å². The number of fused-ring (bicyclic) bond motifs is 2. The van der Waals surface area contributed by atoms with Gasteiger partial charge in [-0.1, -0.05) is 17.7 Å². The number of hydrogen-bond acceptors (Lipinski definition) is 6. The number of carbonyl (C=O) groups excluding carboxylic acids is 1. The van der Waals surface area contributed by atoms with Gasteiger partial charge in [0.2, 0.25) is 11.9 Å².